The average molecular weight is 400 g/mol. The number of rotatable bonds is 4. The lowest BCUT2D eigenvalue weighted by atomic mass is 10.1. The van der Waals surface area contributed by atoms with Crippen LogP contribution in [0.3, 0.4) is 0 Å². The van der Waals surface area contributed by atoms with E-state index in [2.05, 4.69) is 55.5 Å². The molecule has 0 unspecified atom stereocenters. The molecule has 6 heteroatoms. The van der Waals surface area contributed by atoms with E-state index in [0.29, 0.717) is 0 Å². The molecule has 150 valence electrons. The summed E-state index contributed by atoms with van der Waals surface area (Å²) < 4.78 is 8.61. The molecule has 0 aliphatic carbocycles. The van der Waals surface area contributed by atoms with E-state index < -0.39 is 0 Å². The molecule has 0 atom stereocenters. The molecular weight excluding hydrogens is 370 g/mol. The molecule has 0 aromatic heterocycles. The number of nitrogens with one attached hydrogen (secondary N) is 1. The van der Waals surface area contributed by atoms with Gasteiger partial charge in [0.15, 0.2) is 0 Å². The number of hydrogen-bond acceptors (Lipinski definition) is 5. The number of carbonyl (C=O) groups is 1. The average Bonchev–Trinajstić information content (AvgIpc) is 2.67. The molecule has 3 rings (SSSR count). The lowest BCUT2D eigenvalue weighted by molar-refractivity contribution is 0.219. The van der Waals surface area contributed by atoms with Crippen molar-refractivity contribution in [1.82, 2.24) is 4.90 Å². The van der Waals surface area contributed by atoms with Gasteiger partial charge < -0.3 is 19.3 Å². The Morgan fingerprint density at radius 3 is 2.14 bits per heavy atom. The summed E-state index contributed by atoms with van der Waals surface area (Å²) in [5.41, 5.74) is 6.96. The van der Waals surface area contributed by atoms with Crippen molar-refractivity contribution in [2.24, 2.45) is 0 Å². The molecule has 1 heterocycles. The topological polar surface area (TPSA) is 44.8 Å². The van der Waals surface area contributed by atoms with Gasteiger partial charge in [-0.3, -0.25) is 4.79 Å². The maximum atomic E-state index is 12.6. The van der Waals surface area contributed by atoms with Crippen LogP contribution in [0.5, 0.6) is 5.75 Å². The summed E-state index contributed by atoms with van der Waals surface area (Å²) in [5, 5.41) is 0.0420. The zero-order valence-electron chi connectivity index (χ0n) is 17.3. The Balaban J connectivity index is 1.56. The number of benzene rings is 2. The highest BCUT2D eigenvalue weighted by Gasteiger charge is 2.22. The second kappa shape index (κ2) is 8.78. The molecular formula is C22H29N3O2S. The number of methoxy groups -OCH3 is 1. The number of anilines is 2. The van der Waals surface area contributed by atoms with Crippen molar-refractivity contribution in [3.05, 3.63) is 52.6 Å². The van der Waals surface area contributed by atoms with Gasteiger partial charge in [0.2, 0.25) is 0 Å². The maximum absolute atomic E-state index is 12.6. The fourth-order valence-corrected chi connectivity index (χ4v) is 4.15. The Kier molecular flexibility index (Phi) is 6.39. The van der Waals surface area contributed by atoms with Crippen LogP contribution >= 0.6 is 11.9 Å². The van der Waals surface area contributed by atoms with Gasteiger partial charge in [-0.2, -0.15) is 0 Å². The Bertz CT molecular complexity index is 841. The summed E-state index contributed by atoms with van der Waals surface area (Å²) in [6, 6.07) is 10.6. The lowest BCUT2D eigenvalue weighted by Gasteiger charge is -2.36. The van der Waals surface area contributed by atoms with Gasteiger partial charge in [-0.05, 0) is 74.2 Å². The highest BCUT2D eigenvalue weighted by atomic mass is 32.2. The standard InChI is InChI=1S/C22H29N3O2S/c1-15-10-16(2)12-19(11-15)24-6-8-25(9-7-24)22(26)28-23-20-13-17(3)18(4)14-21(20)27-5/h10-14,23H,6-9H2,1-5H3. The molecule has 0 saturated carbocycles. The SMILES string of the molecule is COc1cc(C)c(C)cc1NSC(=O)N1CCN(c2cc(C)cc(C)c2)CC1. The number of piperazine rings is 1. The fourth-order valence-electron chi connectivity index (χ4n) is 3.48. The molecule has 1 N–H and O–H groups in total. The highest BCUT2D eigenvalue weighted by Crippen LogP contribution is 2.30. The minimum atomic E-state index is 0.0420. The van der Waals surface area contributed by atoms with Crippen LogP contribution in [0, 0.1) is 27.7 Å². The number of hydrogen-bond donors (Lipinski definition) is 1. The van der Waals surface area contributed by atoms with Crippen LogP contribution in [0.2, 0.25) is 0 Å². The summed E-state index contributed by atoms with van der Waals surface area (Å²) in [7, 11) is 1.65. The fraction of sp³-hybridized carbons (Fsp3) is 0.409. The van der Waals surface area contributed by atoms with Crippen molar-refractivity contribution in [2.75, 3.05) is 42.9 Å². The van der Waals surface area contributed by atoms with Gasteiger partial charge in [-0.1, -0.05) is 6.07 Å². The predicted molar refractivity (Wildman–Crippen MR) is 119 cm³/mol. The third-order valence-corrected chi connectivity index (χ3v) is 5.93. The minimum Gasteiger partial charge on any atom is -0.495 e. The van der Waals surface area contributed by atoms with E-state index in [4.69, 9.17) is 4.74 Å². The zero-order chi connectivity index (χ0) is 20.3. The van der Waals surface area contributed by atoms with E-state index in [1.807, 2.05) is 17.0 Å². The minimum absolute atomic E-state index is 0.0420. The number of carbonyl (C=O) groups excluding carboxylic acids is 1. The first-order chi connectivity index (χ1) is 13.4. The largest absolute Gasteiger partial charge is 0.495 e. The lowest BCUT2D eigenvalue weighted by Crippen LogP contribution is -2.47. The Hall–Kier alpha value is -2.34. The van der Waals surface area contributed by atoms with E-state index in [-0.39, 0.29) is 5.24 Å². The predicted octanol–water partition coefficient (Wildman–Crippen LogP) is 4.93. The van der Waals surface area contributed by atoms with Crippen LogP contribution in [-0.4, -0.2) is 43.4 Å². The molecule has 28 heavy (non-hydrogen) atoms. The van der Waals surface area contributed by atoms with Crippen molar-refractivity contribution >= 4 is 28.6 Å². The quantitative estimate of drug-likeness (QED) is 0.739. The molecule has 2 aromatic rings. The molecule has 1 amide bonds. The third kappa shape index (κ3) is 4.73. The summed E-state index contributed by atoms with van der Waals surface area (Å²) in [4.78, 5) is 16.9. The monoisotopic (exact) mass is 399 g/mol. The van der Waals surface area contributed by atoms with E-state index in [1.54, 1.807) is 7.11 Å². The maximum Gasteiger partial charge on any atom is 0.302 e. The number of ether oxygens (including phenoxy) is 1. The van der Waals surface area contributed by atoms with Crippen molar-refractivity contribution in [2.45, 2.75) is 27.7 Å². The van der Waals surface area contributed by atoms with E-state index in [0.717, 1.165) is 49.6 Å². The molecule has 2 aromatic carbocycles. The van der Waals surface area contributed by atoms with Gasteiger partial charge in [-0.25, -0.2) is 0 Å². The molecule has 1 aliphatic heterocycles. The van der Waals surface area contributed by atoms with Gasteiger partial charge in [0, 0.05) is 43.8 Å². The van der Waals surface area contributed by atoms with E-state index in [1.165, 1.54) is 27.9 Å². The van der Waals surface area contributed by atoms with E-state index in [9.17, 15) is 4.79 Å². The second-order valence-corrected chi connectivity index (χ2v) is 8.18. The highest BCUT2D eigenvalue weighted by molar-refractivity contribution is 8.14. The molecule has 0 bridgehead atoms. The summed E-state index contributed by atoms with van der Waals surface area (Å²) in [6.45, 7) is 11.5. The number of amides is 1. The molecule has 0 spiro atoms. The Morgan fingerprint density at radius 2 is 1.54 bits per heavy atom. The van der Waals surface area contributed by atoms with Crippen LogP contribution in [0.25, 0.3) is 0 Å². The van der Waals surface area contributed by atoms with Crippen molar-refractivity contribution in [3.63, 3.8) is 0 Å². The van der Waals surface area contributed by atoms with Crippen LogP contribution in [0.15, 0.2) is 30.3 Å². The molecule has 1 aliphatic rings. The van der Waals surface area contributed by atoms with E-state index >= 15 is 0 Å². The summed E-state index contributed by atoms with van der Waals surface area (Å²) in [5.74, 6) is 0.753. The van der Waals surface area contributed by atoms with Gasteiger partial charge in [0.05, 0.1) is 12.8 Å². The van der Waals surface area contributed by atoms with Gasteiger partial charge >= 0.3 is 5.24 Å². The normalized spacial score (nSPS) is 14.2. The third-order valence-electron chi connectivity index (χ3n) is 5.17. The van der Waals surface area contributed by atoms with Crippen molar-refractivity contribution < 1.29 is 9.53 Å². The molecule has 0 radical (unpaired) electrons. The summed E-state index contributed by atoms with van der Waals surface area (Å²) in [6.07, 6.45) is 0. The zero-order valence-corrected chi connectivity index (χ0v) is 18.2. The van der Waals surface area contributed by atoms with Crippen molar-refractivity contribution in [3.8, 4) is 5.75 Å². The first-order valence-electron chi connectivity index (χ1n) is 9.57. The smallest absolute Gasteiger partial charge is 0.302 e. The first kappa shape index (κ1) is 20.4. The van der Waals surface area contributed by atoms with Gasteiger partial charge in [-0.15, -0.1) is 0 Å². The Labute approximate surface area is 172 Å². The first-order valence-corrected chi connectivity index (χ1v) is 10.4. The Morgan fingerprint density at radius 1 is 0.929 bits per heavy atom. The van der Waals surface area contributed by atoms with Gasteiger partial charge in [0.1, 0.15) is 5.75 Å². The number of nitrogens with zero attached hydrogens (tertiary/aromatic N) is 2. The van der Waals surface area contributed by atoms with Crippen LogP contribution < -0.4 is 14.4 Å². The van der Waals surface area contributed by atoms with Crippen molar-refractivity contribution in [1.29, 1.82) is 0 Å². The van der Waals surface area contributed by atoms with Crippen LogP contribution in [0.4, 0.5) is 16.2 Å². The number of aryl methyl sites for hydroxylation is 4. The summed E-state index contributed by atoms with van der Waals surface area (Å²) >= 11 is 1.12. The molecule has 1 fully saturated rings. The molecule has 5 nitrogen and oxygen atoms in total. The second-order valence-electron chi connectivity index (χ2n) is 7.43. The van der Waals surface area contributed by atoms with Gasteiger partial charge in [0.25, 0.3) is 0 Å². The van der Waals surface area contributed by atoms with Crippen LogP contribution in [0.1, 0.15) is 22.3 Å². The molecule has 1 saturated heterocycles. The van der Waals surface area contributed by atoms with Crippen LogP contribution in [-0.2, 0) is 0 Å².